The van der Waals surface area contributed by atoms with Crippen LogP contribution < -0.4 is 10.7 Å². The number of nitrogens with one attached hydrogen (secondary N) is 2. The molecule has 16 nitrogen and oxygen atoms in total. The number of carbonyl (C=O) groups is 3. The molecule has 9 rings (SSSR count). The van der Waals surface area contributed by atoms with Crippen molar-refractivity contribution in [1.29, 1.82) is 0 Å². The van der Waals surface area contributed by atoms with Crippen LogP contribution in [0, 0.1) is 17.3 Å². The molecule has 5 aromatic rings. The number of pyridine rings is 1. The molecule has 3 fully saturated rings. The number of hydrogen-bond acceptors (Lipinski definition) is 14. The molecule has 69 heavy (non-hydrogen) atoms. The minimum atomic E-state index is -1.39. The van der Waals surface area contributed by atoms with Gasteiger partial charge in [-0.3, -0.25) is 24.4 Å². The van der Waals surface area contributed by atoms with Crippen LogP contribution in [0.25, 0.3) is 33.4 Å². The second-order valence-electron chi connectivity index (χ2n) is 19.6. The summed E-state index contributed by atoms with van der Waals surface area (Å²) in [6, 6.07) is 9.89. The van der Waals surface area contributed by atoms with E-state index in [1.54, 1.807) is 25.6 Å². The number of fused-ring (bicyclic) bond motifs is 6. The molecule has 8 atom stereocenters. The van der Waals surface area contributed by atoms with Gasteiger partial charge in [-0.25, -0.2) is 24.8 Å². The van der Waals surface area contributed by atoms with Gasteiger partial charge in [0.05, 0.1) is 49.1 Å². The van der Waals surface area contributed by atoms with E-state index < -0.39 is 47.6 Å². The Morgan fingerprint density at radius 3 is 2.68 bits per heavy atom. The second kappa shape index (κ2) is 21.0. The average molecular weight is 967 g/mol. The molecule has 4 aliphatic rings. The van der Waals surface area contributed by atoms with Gasteiger partial charge in [-0.2, -0.15) is 0 Å². The van der Waals surface area contributed by atoms with E-state index in [9.17, 15) is 18.8 Å². The van der Waals surface area contributed by atoms with Crippen molar-refractivity contribution in [3.63, 3.8) is 0 Å². The highest BCUT2D eigenvalue weighted by atomic mass is 32.1. The highest BCUT2D eigenvalue weighted by Crippen LogP contribution is 2.53. The van der Waals surface area contributed by atoms with Crippen LogP contribution >= 0.6 is 11.3 Å². The van der Waals surface area contributed by atoms with Crippen molar-refractivity contribution in [2.24, 2.45) is 17.3 Å². The van der Waals surface area contributed by atoms with Crippen molar-refractivity contribution in [2.75, 3.05) is 46.7 Å². The minimum absolute atomic E-state index is 0.0646. The number of aromatic nitrogens is 5. The number of carbonyl (C=O) groups excluding carboxylic acids is 3. The number of amides is 2. The number of nitrogens with zero attached hydrogens (tertiary/aromatic N) is 6. The summed E-state index contributed by atoms with van der Waals surface area (Å²) >= 11 is 1.27. The first kappa shape index (κ1) is 48.8. The predicted molar refractivity (Wildman–Crippen MR) is 256 cm³/mol. The lowest BCUT2D eigenvalue weighted by atomic mass is 9.84. The van der Waals surface area contributed by atoms with E-state index in [0.717, 1.165) is 57.5 Å². The third-order valence-electron chi connectivity index (χ3n) is 13.9. The number of benzene rings is 1. The molecule has 368 valence electrons. The van der Waals surface area contributed by atoms with Gasteiger partial charge in [-0.15, -0.1) is 11.3 Å². The number of hydrazine groups is 1. The lowest BCUT2D eigenvalue weighted by molar-refractivity contribution is -0.157. The number of methoxy groups -OCH3 is 1. The molecule has 0 unspecified atom stereocenters. The smallest absolute Gasteiger partial charge is 0.324 e. The van der Waals surface area contributed by atoms with Crippen LogP contribution in [0.1, 0.15) is 100 Å². The standard InChI is InChI=1S/C51H63FN8O8S/c1-29(52)25-67-46-44(57-47(61)42-30(2)41(42)37-13-17-53-28-55-37)49(62)60-18-8-10-38(58-60)50(63)68-27-51(4,5)24-36-35-23-32(39-26-69-48(46)56-39)11-12-40(35)59(19-22-66-33-14-20-65-21-15-33)45(36)34-9-7-16-54-43(34)31(3)64-6/h7,9,11-13,16-17,23,26,28-31,33,38,41-42,44,46,58H,8,10,14-15,18-22,24-25,27H2,1-6H3,(H,57,61)/t29-,30+,31+,38+,41+,42-,44+,46+/m1/s1. The predicted octanol–water partition coefficient (Wildman–Crippen LogP) is 7.09. The SMILES string of the molecule is CO[C@@H](C)c1ncccc1-c1c2c3cc(ccc3n1CCOC1CCOCC1)-c1csc(n1)[C@@H](OC[C@@H](C)F)[C@H](NC(=O)[C@@H]1[C@@H](C)[C@H]1c1ccncn1)C(=O)N1CCC[C@H](N1)C(=O)OCC(C)(C)C2. The summed E-state index contributed by atoms with van der Waals surface area (Å²) in [6.45, 7) is 11.8. The Bertz CT molecular complexity index is 2620. The number of hydrogen-bond donors (Lipinski definition) is 2. The molecule has 0 radical (unpaired) electrons. The number of rotatable bonds is 13. The van der Waals surface area contributed by atoms with E-state index in [1.165, 1.54) is 29.6 Å². The number of esters is 1. The van der Waals surface area contributed by atoms with E-state index in [0.29, 0.717) is 56.3 Å². The summed E-state index contributed by atoms with van der Waals surface area (Å²) in [5.41, 5.74) is 9.42. The molecule has 2 amide bonds. The number of halogens is 1. The van der Waals surface area contributed by atoms with Gasteiger partial charge >= 0.3 is 5.97 Å². The Morgan fingerprint density at radius 2 is 1.91 bits per heavy atom. The minimum Gasteiger partial charge on any atom is -0.464 e. The van der Waals surface area contributed by atoms with Gasteiger partial charge in [0.1, 0.15) is 35.7 Å². The third kappa shape index (κ3) is 10.6. The van der Waals surface area contributed by atoms with Crippen molar-refractivity contribution in [1.82, 2.24) is 40.3 Å². The summed E-state index contributed by atoms with van der Waals surface area (Å²) in [4.78, 5) is 61.8. The van der Waals surface area contributed by atoms with Gasteiger partial charge < -0.3 is 33.6 Å². The fourth-order valence-electron chi connectivity index (χ4n) is 10.1. The van der Waals surface area contributed by atoms with Crippen LogP contribution in [-0.2, 0) is 51.0 Å². The first-order chi connectivity index (χ1) is 33.3. The van der Waals surface area contributed by atoms with E-state index in [4.69, 9.17) is 33.7 Å². The molecule has 6 bridgehead atoms. The van der Waals surface area contributed by atoms with Gasteiger partial charge in [0.2, 0.25) is 5.91 Å². The maximum Gasteiger partial charge on any atom is 0.324 e. The van der Waals surface area contributed by atoms with E-state index in [2.05, 4.69) is 57.3 Å². The van der Waals surface area contributed by atoms with Crippen LogP contribution in [0.4, 0.5) is 4.39 Å². The quantitative estimate of drug-likeness (QED) is 0.114. The zero-order chi connectivity index (χ0) is 48.4. The first-order valence-electron chi connectivity index (χ1n) is 24.2. The fraction of sp³-hybridized carbons (Fsp3) is 0.549. The highest BCUT2D eigenvalue weighted by Gasteiger charge is 2.54. The number of thiazole rings is 1. The Balaban J connectivity index is 1.17. The summed E-state index contributed by atoms with van der Waals surface area (Å²) in [5, 5.41) is 7.66. The maximum absolute atomic E-state index is 14.9. The number of alkyl halides is 1. The van der Waals surface area contributed by atoms with Crippen molar-refractivity contribution >= 4 is 40.0 Å². The van der Waals surface area contributed by atoms with Crippen LogP contribution in [0.15, 0.2) is 60.5 Å². The molecule has 1 aromatic carbocycles. The van der Waals surface area contributed by atoms with Gasteiger partial charge in [0.15, 0.2) is 0 Å². The van der Waals surface area contributed by atoms with Crippen molar-refractivity contribution in [3.8, 4) is 22.5 Å². The summed E-state index contributed by atoms with van der Waals surface area (Å²) in [6.07, 6.45) is 5.19. The molecule has 7 heterocycles. The lowest BCUT2D eigenvalue weighted by Crippen LogP contribution is -2.61. The second-order valence-corrected chi connectivity index (χ2v) is 20.5. The topological polar surface area (TPSA) is 181 Å². The highest BCUT2D eigenvalue weighted by molar-refractivity contribution is 7.10. The maximum atomic E-state index is 14.9. The Kier molecular flexibility index (Phi) is 14.8. The number of ether oxygens (including phenoxy) is 5. The summed E-state index contributed by atoms with van der Waals surface area (Å²) in [5.74, 6) is -2.14. The Labute approximate surface area is 406 Å². The zero-order valence-electron chi connectivity index (χ0n) is 40.2. The van der Waals surface area contributed by atoms with Gasteiger partial charge in [0, 0.05) is 96.2 Å². The van der Waals surface area contributed by atoms with Crippen molar-refractivity contribution < 1.29 is 42.5 Å². The molecule has 2 N–H and O–H groups in total. The first-order valence-corrected chi connectivity index (χ1v) is 25.0. The van der Waals surface area contributed by atoms with Crippen LogP contribution in [0.2, 0.25) is 0 Å². The largest absolute Gasteiger partial charge is 0.464 e. The molecule has 1 saturated carbocycles. The third-order valence-corrected chi connectivity index (χ3v) is 14.8. The Morgan fingerprint density at radius 1 is 1.09 bits per heavy atom. The molecule has 2 saturated heterocycles. The summed E-state index contributed by atoms with van der Waals surface area (Å²) in [7, 11) is 1.68. The molecular formula is C51H63FN8O8S. The van der Waals surface area contributed by atoms with Gasteiger partial charge in [-0.05, 0) is 87.8 Å². The molecule has 18 heteroatoms. The van der Waals surface area contributed by atoms with Crippen LogP contribution in [0.5, 0.6) is 0 Å². The zero-order valence-corrected chi connectivity index (χ0v) is 41.0. The van der Waals surface area contributed by atoms with Gasteiger partial charge in [-0.1, -0.05) is 26.8 Å². The van der Waals surface area contributed by atoms with Gasteiger partial charge in [0.25, 0.3) is 5.91 Å². The van der Waals surface area contributed by atoms with Crippen molar-refractivity contribution in [2.45, 2.75) is 116 Å². The lowest BCUT2D eigenvalue weighted by Gasteiger charge is -2.37. The van der Waals surface area contributed by atoms with Crippen molar-refractivity contribution in [3.05, 3.63) is 82.5 Å². The van der Waals surface area contributed by atoms with Crippen LogP contribution in [-0.4, -0.2) is 118 Å². The molecule has 3 aliphatic heterocycles. The van der Waals surface area contributed by atoms with E-state index in [1.807, 2.05) is 31.4 Å². The van der Waals surface area contributed by atoms with E-state index in [-0.39, 0.29) is 49.7 Å². The van der Waals surface area contributed by atoms with E-state index >= 15 is 0 Å². The molecule has 1 aliphatic carbocycles. The normalized spacial score (nSPS) is 25.2. The molecular weight excluding hydrogens is 904 g/mol. The monoisotopic (exact) mass is 966 g/mol. The molecule has 0 spiro atoms. The average Bonchev–Trinajstić information content (AvgIpc) is 3.64. The fourth-order valence-corrected chi connectivity index (χ4v) is 11.0. The summed E-state index contributed by atoms with van der Waals surface area (Å²) < 4.78 is 47.6. The Hall–Kier alpha value is -5.24. The van der Waals surface area contributed by atoms with Crippen LogP contribution in [0.3, 0.4) is 0 Å². The number of cyclic esters (lactones) is 1. The molecule has 4 aromatic heterocycles.